The molecule has 2 aromatic carbocycles. The number of anilines is 1. The first-order chi connectivity index (χ1) is 12.0. The van der Waals surface area contributed by atoms with Crippen molar-refractivity contribution in [1.29, 1.82) is 0 Å². The Morgan fingerprint density at radius 2 is 1.50 bits per heavy atom. The molecule has 0 radical (unpaired) electrons. The number of benzene rings is 2. The van der Waals surface area contributed by atoms with Crippen molar-refractivity contribution >= 4 is 11.7 Å². The van der Waals surface area contributed by atoms with Crippen molar-refractivity contribution in [2.45, 2.75) is 65.3 Å². The number of rotatable bonds is 3. The van der Waals surface area contributed by atoms with Gasteiger partial charge in [0.05, 0.1) is 6.04 Å². The predicted octanol–water partition coefficient (Wildman–Crippen LogP) is 6.16. The molecule has 0 heterocycles. The van der Waals surface area contributed by atoms with Gasteiger partial charge in [-0.05, 0) is 40.5 Å². The first kappa shape index (κ1) is 20.0. The topological polar surface area (TPSA) is 41.1 Å². The minimum absolute atomic E-state index is 0.0284. The highest BCUT2D eigenvalue weighted by atomic mass is 16.2. The maximum absolute atomic E-state index is 12.6. The highest BCUT2D eigenvalue weighted by Crippen LogP contribution is 2.34. The lowest BCUT2D eigenvalue weighted by Crippen LogP contribution is -2.32. The van der Waals surface area contributed by atoms with Crippen molar-refractivity contribution < 1.29 is 4.79 Å². The van der Waals surface area contributed by atoms with Crippen LogP contribution in [-0.4, -0.2) is 6.03 Å². The third-order valence-corrected chi connectivity index (χ3v) is 4.59. The Morgan fingerprint density at radius 1 is 0.885 bits per heavy atom. The fourth-order valence-corrected chi connectivity index (χ4v) is 2.95. The number of urea groups is 1. The summed E-state index contributed by atoms with van der Waals surface area (Å²) in [6.45, 7) is 15.0. The van der Waals surface area contributed by atoms with Crippen LogP contribution in [0, 0.1) is 0 Å². The molecule has 0 fully saturated rings. The maximum Gasteiger partial charge on any atom is 0.319 e. The minimum atomic E-state index is -0.182. The zero-order valence-electron chi connectivity index (χ0n) is 17.1. The number of amides is 2. The smallest absolute Gasteiger partial charge is 0.319 e. The van der Waals surface area contributed by atoms with E-state index < -0.39 is 0 Å². The van der Waals surface area contributed by atoms with Crippen LogP contribution in [0.15, 0.2) is 48.5 Å². The van der Waals surface area contributed by atoms with Gasteiger partial charge < -0.3 is 10.6 Å². The minimum Gasteiger partial charge on any atom is -0.331 e. The molecule has 3 heteroatoms. The summed E-state index contributed by atoms with van der Waals surface area (Å²) in [6.07, 6.45) is 0. The summed E-state index contributed by atoms with van der Waals surface area (Å²) in [4.78, 5) is 12.6. The monoisotopic (exact) mass is 352 g/mol. The van der Waals surface area contributed by atoms with Gasteiger partial charge in [0.1, 0.15) is 0 Å². The highest BCUT2D eigenvalue weighted by molar-refractivity contribution is 5.90. The lowest BCUT2D eigenvalue weighted by atomic mass is 9.81. The summed E-state index contributed by atoms with van der Waals surface area (Å²) in [6, 6.07) is 16.1. The van der Waals surface area contributed by atoms with E-state index in [0.717, 1.165) is 16.8 Å². The van der Waals surface area contributed by atoms with Gasteiger partial charge in [0.2, 0.25) is 0 Å². The third-order valence-electron chi connectivity index (χ3n) is 4.59. The largest absolute Gasteiger partial charge is 0.331 e. The van der Waals surface area contributed by atoms with E-state index in [2.05, 4.69) is 70.4 Å². The fourth-order valence-electron chi connectivity index (χ4n) is 2.95. The van der Waals surface area contributed by atoms with Crippen LogP contribution in [0.4, 0.5) is 10.5 Å². The molecular formula is C23H32N2O. The maximum atomic E-state index is 12.6. The van der Waals surface area contributed by atoms with Gasteiger partial charge in [0.15, 0.2) is 0 Å². The van der Waals surface area contributed by atoms with Crippen LogP contribution in [0.25, 0.3) is 0 Å². The van der Waals surface area contributed by atoms with Crippen LogP contribution in [0.5, 0.6) is 0 Å². The van der Waals surface area contributed by atoms with Crippen LogP contribution in [0.2, 0.25) is 0 Å². The van der Waals surface area contributed by atoms with E-state index in [1.54, 1.807) is 0 Å². The van der Waals surface area contributed by atoms with E-state index in [-0.39, 0.29) is 22.9 Å². The Bertz CT molecular complexity index is 752. The number of hydrogen-bond donors (Lipinski definition) is 2. The Kier molecular flexibility index (Phi) is 5.80. The quantitative estimate of drug-likeness (QED) is 0.682. The molecule has 0 saturated heterocycles. The van der Waals surface area contributed by atoms with Crippen LogP contribution >= 0.6 is 0 Å². The first-order valence-electron chi connectivity index (χ1n) is 9.26. The molecule has 26 heavy (non-hydrogen) atoms. The summed E-state index contributed by atoms with van der Waals surface area (Å²) in [5.41, 5.74) is 4.28. The second kappa shape index (κ2) is 7.53. The van der Waals surface area contributed by atoms with Crippen LogP contribution in [0.3, 0.4) is 0 Å². The number of hydrogen-bond acceptors (Lipinski definition) is 1. The van der Waals surface area contributed by atoms with E-state index >= 15 is 0 Å². The summed E-state index contributed by atoms with van der Waals surface area (Å²) in [5.74, 6) is 0. The van der Waals surface area contributed by atoms with Gasteiger partial charge in [-0.15, -0.1) is 0 Å². The van der Waals surface area contributed by atoms with Crippen molar-refractivity contribution in [3.05, 3.63) is 65.2 Å². The Morgan fingerprint density at radius 3 is 2.04 bits per heavy atom. The SMILES string of the molecule is C[C@@H](NC(=O)Nc1cc(C(C)(C)C)ccc1C(C)(C)C)c1ccccc1. The normalized spacial score (nSPS) is 13.2. The van der Waals surface area contributed by atoms with E-state index in [1.807, 2.05) is 37.3 Å². The molecule has 140 valence electrons. The third kappa shape index (κ3) is 5.10. The van der Waals surface area contributed by atoms with E-state index in [9.17, 15) is 4.79 Å². The standard InChI is InChI=1S/C23H32N2O/c1-16(17-11-9-8-10-12-17)24-21(26)25-20-15-18(22(2,3)4)13-14-19(20)23(5,6)7/h8-16H,1-7H3,(H2,24,25,26)/t16-/m1/s1. The number of carbonyl (C=O) groups excluding carboxylic acids is 1. The lowest BCUT2D eigenvalue weighted by Gasteiger charge is -2.27. The molecule has 0 bridgehead atoms. The predicted molar refractivity (Wildman–Crippen MR) is 111 cm³/mol. The second-order valence-corrected chi connectivity index (χ2v) is 8.99. The molecule has 2 N–H and O–H groups in total. The van der Waals surface area contributed by atoms with Crippen molar-refractivity contribution in [2.75, 3.05) is 5.32 Å². The van der Waals surface area contributed by atoms with Gasteiger partial charge in [-0.1, -0.05) is 84.0 Å². The molecule has 0 unspecified atom stereocenters. The van der Waals surface area contributed by atoms with E-state index in [1.165, 1.54) is 5.56 Å². The second-order valence-electron chi connectivity index (χ2n) is 8.99. The van der Waals surface area contributed by atoms with Crippen LogP contribution in [-0.2, 0) is 10.8 Å². The van der Waals surface area contributed by atoms with Gasteiger partial charge in [0, 0.05) is 5.69 Å². The Balaban J connectivity index is 2.24. The molecule has 3 nitrogen and oxygen atoms in total. The van der Waals surface area contributed by atoms with E-state index in [0.29, 0.717) is 0 Å². The van der Waals surface area contributed by atoms with Gasteiger partial charge >= 0.3 is 6.03 Å². The summed E-state index contributed by atoms with van der Waals surface area (Å²) in [7, 11) is 0. The van der Waals surface area contributed by atoms with Gasteiger partial charge in [-0.2, -0.15) is 0 Å². The Hall–Kier alpha value is -2.29. The summed E-state index contributed by atoms with van der Waals surface area (Å²) in [5, 5.41) is 6.11. The van der Waals surface area contributed by atoms with E-state index in [4.69, 9.17) is 0 Å². The van der Waals surface area contributed by atoms with Crippen molar-refractivity contribution in [2.24, 2.45) is 0 Å². The average molecular weight is 353 g/mol. The average Bonchev–Trinajstić information content (AvgIpc) is 2.53. The molecular weight excluding hydrogens is 320 g/mol. The fraction of sp³-hybridized carbons (Fsp3) is 0.435. The highest BCUT2D eigenvalue weighted by Gasteiger charge is 2.22. The molecule has 0 aliphatic heterocycles. The summed E-state index contributed by atoms with van der Waals surface area (Å²) < 4.78 is 0. The van der Waals surface area contributed by atoms with Crippen molar-refractivity contribution in [3.63, 3.8) is 0 Å². The molecule has 0 aromatic heterocycles. The zero-order valence-corrected chi connectivity index (χ0v) is 17.1. The molecule has 0 saturated carbocycles. The van der Waals surface area contributed by atoms with Crippen LogP contribution in [0.1, 0.15) is 71.2 Å². The molecule has 1 atom stereocenters. The molecule has 2 aromatic rings. The number of nitrogens with one attached hydrogen (secondary N) is 2. The molecule has 2 rings (SSSR count). The molecule has 0 aliphatic rings. The van der Waals surface area contributed by atoms with Crippen LogP contribution < -0.4 is 10.6 Å². The lowest BCUT2D eigenvalue weighted by molar-refractivity contribution is 0.249. The molecule has 0 aliphatic carbocycles. The zero-order chi connectivity index (χ0) is 19.5. The van der Waals surface area contributed by atoms with Crippen molar-refractivity contribution in [3.8, 4) is 0 Å². The Labute approximate surface area is 158 Å². The molecule has 2 amide bonds. The first-order valence-corrected chi connectivity index (χ1v) is 9.26. The molecule has 0 spiro atoms. The van der Waals surface area contributed by atoms with Gasteiger partial charge in [-0.3, -0.25) is 0 Å². The van der Waals surface area contributed by atoms with Gasteiger partial charge in [-0.25, -0.2) is 4.79 Å². The van der Waals surface area contributed by atoms with Gasteiger partial charge in [0.25, 0.3) is 0 Å². The number of carbonyl (C=O) groups is 1. The van der Waals surface area contributed by atoms with Crippen molar-refractivity contribution in [1.82, 2.24) is 5.32 Å². The summed E-state index contributed by atoms with van der Waals surface area (Å²) >= 11 is 0.